The van der Waals surface area contributed by atoms with Crippen LogP contribution in [0.4, 0.5) is 0 Å². The van der Waals surface area contributed by atoms with Crippen molar-refractivity contribution in [3.05, 3.63) is 17.0 Å². The summed E-state index contributed by atoms with van der Waals surface area (Å²) in [6.07, 6.45) is 1.05. The van der Waals surface area contributed by atoms with E-state index in [4.69, 9.17) is 0 Å². The van der Waals surface area contributed by atoms with Crippen molar-refractivity contribution in [1.82, 2.24) is 20.8 Å². The first-order valence-corrected chi connectivity index (χ1v) is 6.09. The Kier molecular flexibility index (Phi) is 5.49. The number of rotatable bonds is 7. The molecule has 0 aliphatic rings. The highest BCUT2D eigenvalue weighted by Gasteiger charge is 2.06. The van der Waals surface area contributed by atoms with E-state index in [0.717, 1.165) is 31.7 Å². The summed E-state index contributed by atoms with van der Waals surface area (Å²) in [5, 5.41) is 14.1. The minimum atomic E-state index is 0.521. The summed E-state index contributed by atoms with van der Waals surface area (Å²) in [5.74, 6) is 0. The Hall–Kier alpha value is -0.870. The smallest absolute Gasteiger partial charge is 0.0626 e. The van der Waals surface area contributed by atoms with Gasteiger partial charge in [0.15, 0.2) is 0 Å². The molecule has 1 atom stereocenters. The number of hydrogen-bond donors (Lipinski definition) is 3. The third-order valence-corrected chi connectivity index (χ3v) is 2.85. The molecule has 0 bridgehead atoms. The Balaban J connectivity index is 2.25. The highest BCUT2D eigenvalue weighted by atomic mass is 15.1. The fraction of sp³-hybridized carbons (Fsp3) is 0.750. The van der Waals surface area contributed by atoms with E-state index in [1.54, 1.807) is 0 Å². The van der Waals surface area contributed by atoms with Crippen LogP contribution >= 0.6 is 0 Å². The van der Waals surface area contributed by atoms with Crippen LogP contribution in [0.25, 0.3) is 0 Å². The minimum Gasteiger partial charge on any atom is -0.315 e. The Morgan fingerprint density at radius 3 is 2.69 bits per heavy atom. The topological polar surface area (TPSA) is 52.7 Å². The second kappa shape index (κ2) is 6.66. The molecule has 16 heavy (non-hydrogen) atoms. The van der Waals surface area contributed by atoms with Gasteiger partial charge in [-0.25, -0.2) is 0 Å². The first-order valence-electron chi connectivity index (χ1n) is 6.09. The van der Waals surface area contributed by atoms with E-state index in [9.17, 15) is 0 Å². The predicted octanol–water partition coefficient (Wildman–Crippen LogP) is 1.16. The molecule has 0 saturated carbocycles. The van der Waals surface area contributed by atoms with Gasteiger partial charge in [-0.3, -0.25) is 5.10 Å². The number of nitrogens with one attached hydrogen (secondary N) is 3. The van der Waals surface area contributed by atoms with Crippen LogP contribution in [0.2, 0.25) is 0 Å². The highest BCUT2D eigenvalue weighted by molar-refractivity contribution is 5.23. The molecule has 1 aromatic heterocycles. The van der Waals surface area contributed by atoms with E-state index in [2.05, 4.69) is 48.5 Å². The van der Waals surface area contributed by atoms with Gasteiger partial charge >= 0.3 is 0 Å². The third kappa shape index (κ3) is 3.94. The van der Waals surface area contributed by atoms with Crippen molar-refractivity contribution < 1.29 is 0 Å². The van der Waals surface area contributed by atoms with E-state index < -0.39 is 0 Å². The predicted molar refractivity (Wildman–Crippen MR) is 67.8 cm³/mol. The Morgan fingerprint density at radius 2 is 2.12 bits per heavy atom. The van der Waals surface area contributed by atoms with E-state index in [-0.39, 0.29) is 0 Å². The van der Waals surface area contributed by atoms with Gasteiger partial charge in [-0.1, -0.05) is 6.92 Å². The lowest BCUT2D eigenvalue weighted by Crippen LogP contribution is -2.37. The first kappa shape index (κ1) is 13.2. The Bertz CT molecular complexity index is 286. The Labute approximate surface area is 98.2 Å². The van der Waals surface area contributed by atoms with Gasteiger partial charge in [0.1, 0.15) is 0 Å². The standard InChI is InChI=1S/C12H24N4/c1-5-13-8-9(2)14-7-6-12-10(3)15-16-11(12)4/h9,13-14H,5-8H2,1-4H3,(H,15,16). The van der Waals surface area contributed by atoms with Crippen molar-refractivity contribution >= 4 is 0 Å². The second-order valence-corrected chi connectivity index (χ2v) is 4.33. The molecule has 1 unspecified atom stereocenters. The van der Waals surface area contributed by atoms with E-state index >= 15 is 0 Å². The quantitative estimate of drug-likeness (QED) is 0.651. The molecule has 4 heteroatoms. The van der Waals surface area contributed by atoms with Gasteiger partial charge in [-0.15, -0.1) is 0 Å². The Morgan fingerprint density at radius 1 is 1.38 bits per heavy atom. The molecule has 0 aliphatic carbocycles. The number of likely N-dealkylation sites (N-methyl/N-ethyl adjacent to an activating group) is 1. The molecule has 0 radical (unpaired) electrons. The van der Waals surface area contributed by atoms with Crippen LogP contribution in [0.15, 0.2) is 0 Å². The fourth-order valence-corrected chi connectivity index (χ4v) is 1.82. The summed E-state index contributed by atoms with van der Waals surface area (Å²) < 4.78 is 0. The van der Waals surface area contributed by atoms with Crippen molar-refractivity contribution in [2.24, 2.45) is 0 Å². The lowest BCUT2D eigenvalue weighted by Gasteiger charge is -2.13. The van der Waals surface area contributed by atoms with E-state index in [0.29, 0.717) is 6.04 Å². The number of H-pyrrole nitrogens is 1. The molecule has 0 spiro atoms. The molecule has 0 saturated heterocycles. The van der Waals surface area contributed by atoms with Gasteiger partial charge < -0.3 is 10.6 Å². The van der Waals surface area contributed by atoms with Gasteiger partial charge in [-0.05, 0) is 45.8 Å². The van der Waals surface area contributed by atoms with Gasteiger partial charge in [0.25, 0.3) is 0 Å². The molecule has 1 rings (SSSR count). The number of nitrogens with zero attached hydrogens (tertiary/aromatic N) is 1. The third-order valence-electron chi connectivity index (χ3n) is 2.85. The number of hydrogen-bond acceptors (Lipinski definition) is 3. The fourth-order valence-electron chi connectivity index (χ4n) is 1.82. The maximum Gasteiger partial charge on any atom is 0.0626 e. The zero-order chi connectivity index (χ0) is 12.0. The molecule has 4 nitrogen and oxygen atoms in total. The molecule has 0 fully saturated rings. The lowest BCUT2D eigenvalue weighted by atomic mass is 10.1. The van der Waals surface area contributed by atoms with Crippen LogP contribution < -0.4 is 10.6 Å². The van der Waals surface area contributed by atoms with Gasteiger partial charge in [0.2, 0.25) is 0 Å². The summed E-state index contributed by atoms with van der Waals surface area (Å²) in [4.78, 5) is 0. The molecular weight excluding hydrogens is 200 g/mol. The number of aryl methyl sites for hydroxylation is 2. The maximum absolute atomic E-state index is 4.20. The highest BCUT2D eigenvalue weighted by Crippen LogP contribution is 2.09. The summed E-state index contributed by atoms with van der Waals surface area (Å²) in [7, 11) is 0. The molecular formula is C12H24N4. The van der Waals surface area contributed by atoms with Gasteiger partial charge in [0.05, 0.1) is 5.69 Å². The van der Waals surface area contributed by atoms with Crippen LogP contribution in [-0.4, -0.2) is 35.9 Å². The first-order chi connectivity index (χ1) is 7.65. The normalized spacial score (nSPS) is 13.0. The molecule has 1 aromatic rings. The van der Waals surface area contributed by atoms with Crippen molar-refractivity contribution in [3.8, 4) is 0 Å². The molecule has 3 N–H and O–H groups in total. The second-order valence-electron chi connectivity index (χ2n) is 4.33. The maximum atomic E-state index is 4.20. The zero-order valence-electron chi connectivity index (χ0n) is 10.9. The number of aromatic nitrogens is 2. The summed E-state index contributed by atoms with van der Waals surface area (Å²) >= 11 is 0. The monoisotopic (exact) mass is 224 g/mol. The van der Waals surface area contributed by atoms with Crippen LogP contribution in [0.1, 0.15) is 30.8 Å². The number of aromatic amines is 1. The van der Waals surface area contributed by atoms with Gasteiger partial charge in [-0.2, -0.15) is 5.10 Å². The van der Waals surface area contributed by atoms with Crippen LogP contribution in [-0.2, 0) is 6.42 Å². The van der Waals surface area contributed by atoms with Crippen molar-refractivity contribution in [2.45, 2.75) is 40.2 Å². The largest absolute Gasteiger partial charge is 0.315 e. The van der Waals surface area contributed by atoms with Crippen molar-refractivity contribution in [1.29, 1.82) is 0 Å². The summed E-state index contributed by atoms with van der Waals surface area (Å²) in [6.45, 7) is 11.5. The summed E-state index contributed by atoms with van der Waals surface area (Å²) in [6, 6.07) is 0.521. The van der Waals surface area contributed by atoms with Crippen LogP contribution in [0, 0.1) is 13.8 Å². The van der Waals surface area contributed by atoms with Crippen LogP contribution in [0.5, 0.6) is 0 Å². The molecule has 1 heterocycles. The summed E-state index contributed by atoms with van der Waals surface area (Å²) in [5.41, 5.74) is 3.67. The van der Waals surface area contributed by atoms with Crippen molar-refractivity contribution in [3.63, 3.8) is 0 Å². The lowest BCUT2D eigenvalue weighted by molar-refractivity contribution is 0.511. The molecule has 0 aliphatic heterocycles. The SMILES string of the molecule is CCNCC(C)NCCc1c(C)n[nH]c1C. The average molecular weight is 224 g/mol. The average Bonchev–Trinajstić information content (AvgIpc) is 2.57. The van der Waals surface area contributed by atoms with E-state index in [1.807, 2.05) is 0 Å². The van der Waals surface area contributed by atoms with Crippen molar-refractivity contribution in [2.75, 3.05) is 19.6 Å². The van der Waals surface area contributed by atoms with E-state index in [1.165, 1.54) is 11.3 Å². The molecule has 0 aromatic carbocycles. The minimum absolute atomic E-state index is 0.521. The zero-order valence-corrected chi connectivity index (χ0v) is 10.9. The van der Waals surface area contributed by atoms with Gasteiger partial charge in [0, 0.05) is 18.3 Å². The molecule has 0 amide bonds. The van der Waals surface area contributed by atoms with Crippen LogP contribution in [0.3, 0.4) is 0 Å². The molecule has 92 valence electrons.